The second-order valence-corrected chi connectivity index (χ2v) is 9.21. The van der Waals surface area contributed by atoms with E-state index in [9.17, 15) is 9.90 Å². The Morgan fingerprint density at radius 2 is 1.86 bits per heavy atom. The van der Waals surface area contributed by atoms with Crippen LogP contribution in [0, 0.1) is 6.92 Å². The van der Waals surface area contributed by atoms with Crippen LogP contribution in [0.1, 0.15) is 61.3 Å². The molecule has 0 amide bonds. The normalized spacial score (nSPS) is 29.9. The summed E-state index contributed by atoms with van der Waals surface area (Å²) < 4.78 is 1.52. The number of rotatable bonds is 5. The molecule has 0 spiro atoms. The molecule has 1 saturated carbocycles. The lowest BCUT2D eigenvalue weighted by Crippen LogP contribution is -2.53. The summed E-state index contributed by atoms with van der Waals surface area (Å²) in [5.74, 6) is 0.508. The molecule has 2 bridgehead atoms. The highest BCUT2D eigenvalue weighted by Gasteiger charge is 2.47. The van der Waals surface area contributed by atoms with Crippen molar-refractivity contribution in [2.75, 3.05) is 0 Å². The standard InChI is InChI=1S/C23H29N3O2/c1-16-3-2-4-17(11-16)14-25-19-7-8-20(25)13-23(28,12-19)15-26-22(27)10-9-21(24-26)18-5-6-18/h2-4,9-11,18-20,28H,5-8,12-15H2,1H3. The van der Waals surface area contributed by atoms with Gasteiger partial charge in [0.05, 0.1) is 17.8 Å². The molecule has 3 heterocycles. The molecule has 1 aromatic carbocycles. The van der Waals surface area contributed by atoms with Gasteiger partial charge < -0.3 is 5.11 Å². The van der Waals surface area contributed by atoms with Crippen molar-refractivity contribution in [2.45, 2.75) is 82.1 Å². The molecule has 5 nitrogen and oxygen atoms in total. The molecule has 5 rings (SSSR count). The van der Waals surface area contributed by atoms with E-state index in [4.69, 9.17) is 0 Å². The molecule has 0 radical (unpaired) electrons. The van der Waals surface area contributed by atoms with Crippen LogP contribution in [0.5, 0.6) is 0 Å². The number of aromatic nitrogens is 2. The maximum absolute atomic E-state index is 12.3. The Balaban J connectivity index is 1.32. The Kier molecular flexibility index (Phi) is 4.40. The molecule has 3 fully saturated rings. The summed E-state index contributed by atoms with van der Waals surface area (Å²) in [5, 5.41) is 15.9. The summed E-state index contributed by atoms with van der Waals surface area (Å²) in [4.78, 5) is 14.9. The summed E-state index contributed by atoms with van der Waals surface area (Å²) in [6, 6.07) is 12.9. The number of benzene rings is 1. The third-order valence-electron chi connectivity index (χ3n) is 6.78. The SMILES string of the molecule is Cc1cccc(CN2C3CCC2CC(O)(Cn2nc(C4CC4)ccc2=O)C3)c1. The van der Waals surface area contributed by atoms with E-state index in [2.05, 4.69) is 41.2 Å². The van der Waals surface area contributed by atoms with Crippen LogP contribution in [0.25, 0.3) is 0 Å². The number of fused-ring (bicyclic) bond motifs is 2. The minimum Gasteiger partial charge on any atom is -0.388 e. The van der Waals surface area contributed by atoms with Gasteiger partial charge in [0.2, 0.25) is 0 Å². The lowest BCUT2D eigenvalue weighted by Gasteiger charge is -2.44. The molecule has 2 saturated heterocycles. The number of piperidine rings is 1. The second kappa shape index (κ2) is 6.82. The van der Waals surface area contributed by atoms with Gasteiger partial charge in [0.25, 0.3) is 5.56 Å². The van der Waals surface area contributed by atoms with Crippen LogP contribution < -0.4 is 5.56 Å². The van der Waals surface area contributed by atoms with Gasteiger partial charge in [-0.2, -0.15) is 5.10 Å². The summed E-state index contributed by atoms with van der Waals surface area (Å²) in [6.07, 6.45) is 6.02. The van der Waals surface area contributed by atoms with E-state index in [-0.39, 0.29) is 5.56 Å². The van der Waals surface area contributed by atoms with E-state index >= 15 is 0 Å². The molecular weight excluding hydrogens is 350 g/mol. The molecule has 2 aliphatic heterocycles. The first-order valence-electron chi connectivity index (χ1n) is 10.6. The maximum atomic E-state index is 12.3. The van der Waals surface area contributed by atoms with Gasteiger partial charge in [0, 0.05) is 30.6 Å². The summed E-state index contributed by atoms with van der Waals surface area (Å²) in [7, 11) is 0. The number of aryl methyl sites for hydroxylation is 1. The predicted molar refractivity (Wildman–Crippen MR) is 108 cm³/mol. The summed E-state index contributed by atoms with van der Waals surface area (Å²) >= 11 is 0. The first-order chi connectivity index (χ1) is 13.5. The Labute approximate surface area is 166 Å². The van der Waals surface area contributed by atoms with E-state index in [0.29, 0.717) is 24.5 Å². The second-order valence-electron chi connectivity index (χ2n) is 9.21. The molecule has 2 atom stereocenters. The zero-order chi connectivity index (χ0) is 19.3. The van der Waals surface area contributed by atoms with Crippen molar-refractivity contribution in [1.29, 1.82) is 0 Å². The van der Waals surface area contributed by atoms with Crippen LogP contribution in [0.3, 0.4) is 0 Å². The molecule has 5 heteroatoms. The Bertz CT molecular complexity index is 919. The highest BCUT2D eigenvalue weighted by molar-refractivity contribution is 5.23. The first kappa shape index (κ1) is 18.1. The molecule has 2 unspecified atom stereocenters. The van der Waals surface area contributed by atoms with Crippen LogP contribution in [0.2, 0.25) is 0 Å². The van der Waals surface area contributed by atoms with Gasteiger partial charge in [0.15, 0.2) is 0 Å². The van der Waals surface area contributed by atoms with Gasteiger partial charge in [0.1, 0.15) is 0 Å². The van der Waals surface area contributed by atoms with Crippen molar-refractivity contribution in [2.24, 2.45) is 0 Å². The Morgan fingerprint density at radius 3 is 2.54 bits per heavy atom. The highest BCUT2D eigenvalue weighted by Crippen LogP contribution is 2.42. The van der Waals surface area contributed by atoms with Crippen LogP contribution in [-0.2, 0) is 13.1 Å². The van der Waals surface area contributed by atoms with E-state index in [1.54, 1.807) is 6.07 Å². The van der Waals surface area contributed by atoms with Gasteiger partial charge in [-0.15, -0.1) is 0 Å². The van der Waals surface area contributed by atoms with E-state index in [1.165, 1.54) is 15.8 Å². The molecule has 1 aromatic heterocycles. The largest absolute Gasteiger partial charge is 0.388 e. The topological polar surface area (TPSA) is 58.4 Å². The van der Waals surface area contributed by atoms with Crippen LogP contribution in [-0.4, -0.2) is 37.5 Å². The maximum Gasteiger partial charge on any atom is 0.266 e. The van der Waals surface area contributed by atoms with Crippen molar-refractivity contribution in [1.82, 2.24) is 14.7 Å². The third-order valence-corrected chi connectivity index (χ3v) is 6.78. The molecule has 148 valence electrons. The van der Waals surface area contributed by atoms with E-state index in [0.717, 1.165) is 50.8 Å². The van der Waals surface area contributed by atoms with Gasteiger partial charge in [-0.1, -0.05) is 29.8 Å². The quantitative estimate of drug-likeness (QED) is 0.868. The molecule has 1 aliphatic carbocycles. The van der Waals surface area contributed by atoms with Gasteiger partial charge >= 0.3 is 0 Å². The minimum atomic E-state index is -0.839. The zero-order valence-corrected chi connectivity index (χ0v) is 16.6. The van der Waals surface area contributed by atoms with Crippen molar-refractivity contribution >= 4 is 0 Å². The number of hydrogen-bond donors (Lipinski definition) is 1. The first-order valence-corrected chi connectivity index (χ1v) is 10.6. The molecule has 1 N–H and O–H groups in total. The lowest BCUT2D eigenvalue weighted by molar-refractivity contribution is -0.0678. The van der Waals surface area contributed by atoms with Crippen molar-refractivity contribution in [3.05, 3.63) is 63.6 Å². The Morgan fingerprint density at radius 1 is 1.11 bits per heavy atom. The summed E-state index contributed by atoms with van der Waals surface area (Å²) in [5.41, 5.74) is 2.70. The van der Waals surface area contributed by atoms with Gasteiger partial charge in [-0.05, 0) is 57.1 Å². The van der Waals surface area contributed by atoms with Gasteiger partial charge in [-0.3, -0.25) is 9.69 Å². The monoisotopic (exact) mass is 379 g/mol. The Hall–Kier alpha value is -1.98. The smallest absolute Gasteiger partial charge is 0.266 e. The number of nitrogens with zero attached hydrogens (tertiary/aromatic N) is 3. The molecule has 2 aromatic rings. The zero-order valence-electron chi connectivity index (χ0n) is 16.6. The molecule has 3 aliphatic rings. The van der Waals surface area contributed by atoms with Crippen LogP contribution >= 0.6 is 0 Å². The van der Waals surface area contributed by atoms with Crippen molar-refractivity contribution in [3.8, 4) is 0 Å². The van der Waals surface area contributed by atoms with E-state index < -0.39 is 5.60 Å². The minimum absolute atomic E-state index is 0.104. The molecular formula is C23H29N3O2. The number of hydrogen-bond acceptors (Lipinski definition) is 4. The van der Waals surface area contributed by atoms with Crippen LogP contribution in [0.15, 0.2) is 41.2 Å². The predicted octanol–water partition coefficient (Wildman–Crippen LogP) is 2.99. The average Bonchev–Trinajstić information content (AvgIpc) is 3.45. The van der Waals surface area contributed by atoms with Crippen LogP contribution in [0.4, 0.5) is 0 Å². The average molecular weight is 380 g/mol. The fraction of sp³-hybridized carbons (Fsp3) is 0.565. The summed E-state index contributed by atoms with van der Waals surface area (Å²) in [6.45, 7) is 3.40. The molecule has 28 heavy (non-hydrogen) atoms. The highest BCUT2D eigenvalue weighted by atomic mass is 16.3. The lowest BCUT2D eigenvalue weighted by atomic mass is 9.85. The van der Waals surface area contributed by atoms with E-state index in [1.807, 2.05) is 6.07 Å². The fourth-order valence-electron chi connectivity index (χ4n) is 5.28. The third kappa shape index (κ3) is 3.53. The van der Waals surface area contributed by atoms with Crippen molar-refractivity contribution < 1.29 is 5.11 Å². The number of aliphatic hydroxyl groups is 1. The van der Waals surface area contributed by atoms with Crippen molar-refractivity contribution in [3.63, 3.8) is 0 Å². The van der Waals surface area contributed by atoms with Gasteiger partial charge in [-0.25, -0.2) is 4.68 Å². The fourth-order valence-corrected chi connectivity index (χ4v) is 5.28.